The summed E-state index contributed by atoms with van der Waals surface area (Å²) in [6, 6.07) is 16.7. The minimum Gasteiger partial charge on any atom is -0.488 e. The van der Waals surface area contributed by atoms with E-state index in [1.807, 2.05) is 35.3 Å². The number of benzene rings is 2. The van der Waals surface area contributed by atoms with Crippen LogP contribution in [0.25, 0.3) is 12.2 Å². The van der Waals surface area contributed by atoms with E-state index in [9.17, 15) is 19.7 Å². The number of aromatic nitrogens is 2. The maximum absolute atomic E-state index is 11.7. The zero-order valence-electron chi connectivity index (χ0n) is 14.0. The number of hydrogen-bond acceptors (Lipinski definition) is 5. The van der Waals surface area contributed by atoms with Gasteiger partial charge in [-0.2, -0.15) is 0 Å². The van der Waals surface area contributed by atoms with Gasteiger partial charge >= 0.3 is 16.9 Å². The third kappa shape index (κ3) is 4.37. The molecule has 1 heterocycles. The molecule has 136 valence electrons. The molecule has 8 nitrogen and oxygen atoms in total. The van der Waals surface area contributed by atoms with Gasteiger partial charge in [0.2, 0.25) is 0 Å². The molecule has 0 amide bonds. The summed E-state index contributed by atoms with van der Waals surface area (Å²) in [5.74, 6) is 0.562. The van der Waals surface area contributed by atoms with Crippen molar-refractivity contribution in [3.63, 3.8) is 0 Å². The van der Waals surface area contributed by atoms with Crippen molar-refractivity contribution in [2.24, 2.45) is 0 Å². The van der Waals surface area contributed by atoms with Gasteiger partial charge in [-0.1, -0.05) is 48.5 Å². The number of ether oxygens (including phenoxy) is 1. The van der Waals surface area contributed by atoms with Crippen molar-refractivity contribution in [3.05, 3.63) is 102 Å². The van der Waals surface area contributed by atoms with E-state index in [0.29, 0.717) is 17.9 Å². The number of para-hydroxylation sites is 1. The maximum atomic E-state index is 11.7. The van der Waals surface area contributed by atoms with Crippen LogP contribution in [-0.4, -0.2) is 14.9 Å². The monoisotopic (exact) mass is 365 g/mol. The van der Waals surface area contributed by atoms with Gasteiger partial charge in [-0.3, -0.25) is 19.9 Å². The second-order valence-corrected chi connectivity index (χ2v) is 5.57. The van der Waals surface area contributed by atoms with Crippen molar-refractivity contribution < 1.29 is 9.66 Å². The molecule has 0 radical (unpaired) electrons. The minimum atomic E-state index is -1.06. The molecule has 0 fully saturated rings. The average molecular weight is 365 g/mol. The van der Waals surface area contributed by atoms with Gasteiger partial charge in [0.25, 0.3) is 0 Å². The largest absolute Gasteiger partial charge is 0.488 e. The molecule has 8 heteroatoms. The molecule has 3 aromatic rings. The van der Waals surface area contributed by atoms with Gasteiger partial charge in [0, 0.05) is 5.56 Å². The molecule has 0 atom stereocenters. The van der Waals surface area contributed by atoms with Crippen LogP contribution in [0.15, 0.2) is 64.2 Å². The summed E-state index contributed by atoms with van der Waals surface area (Å²) in [6.45, 7) is 0.355. The fraction of sp³-hybridized carbons (Fsp3) is 0.0526. The smallest absolute Gasteiger partial charge is 0.357 e. The van der Waals surface area contributed by atoms with Crippen LogP contribution < -0.4 is 16.0 Å². The number of H-pyrrole nitrogens is 2. The lowest BCUT2D eigenvalue weighted by atomic mass is 10.1. The third-order valence-electron chi connectivity index (χ3n) is 3.71. The number of nitrogens with zero attached hydrogens (tertiary/aromatic N) is 1. The van der Waals surface area contributed by atoms with Crippen molar-refractivity contribution in [2.45, 2.75) is 6.61 Å². The number of hydrogen-bond donors (Lipinski definition) is 2. The van der Waals surface area contributed by atoms with Crippen molar-refractivity contribution in [1.82, 2.24) is 9.97 Å². The molecule has 27 heavy (non-hydrogen) atoms. The van der Waals surface area contributed by atoms with Gasteiger partial charge in [-0.05, 0) is 23.8 Å². The Kier molecular flexibility index (Phi) is 5.27. The minimum absolute atomic E-state index is 0.188. The van der Waals surface area contributed by atoms with Gasteiger partial charge in [-0.25, -0.2) is 4.79 Å². The van der Waals surface area contributed by atoms with E-state index in [4.69, 9.17) is 4.74 Å². The Morgan fingerprint density at radius 1 is 0.963 bits per heavy atom. The predicted octanol–water partition coefficient (Wildman–Crippen LogP) is 2.72. The van der Waals surface area contributed by atoms with E-state index in [-0.39, 0.29) is 5.69 Å². The Labute approximate surface area is 152 Å². The molecule has 0 unspecified atom stereocenters. The topological polar surface area (TPSA) is 118 Å². The molecule has 2 aromatic carbocycles. The van der Waals surface area contributed by atoms with Crippen molar-refractivity contribution in [2.75, 3.05) is 0 Å². The van der Waals surface area contributed by atoms with Crippen LogP contribution >= 0.6 is 0 Å². The van der Waals surface area contributed by atoms with Crippen LogP contribution in [0.3, 0.4) is 0 Å². The lowest BCUT2D eigenvalue weighted by molar-refractivity contribution is -0.386. The first kappa shape index (κ1) is 17.9. The molecule has 0 aliphatic carbocycles. The molecule has 1 aromatic heterocycles. The average Bonchev–Trinajstić information content (AvgIpc) is 2.65. The fourth-order valence-corrected chi connectivity index (χ4v) is 2.46. The van der Waals surface area contributed by atoms with Crippen molar-refractivity contribution >= 4 is 17.8 Å². The first-order valence-electron chi connectivity index (χ1n) is 7.99. The summed E-state index contributed by atoms with van der Waals surface area (Å²) in [4.78, 5) is 37.5. The quantitative estimate of drug-likeness (QED) is 0.514. The number of nitrogens with one attached hydrogen (secondary N) is 2. The second kappa shape index (κ2) is 7.96. The zero-order chi connectivity index (χ0) is 19.2. The normalized spacial score (nSPS) is 10.8. The molecule has 2 N–H and O–H groups in total. The van der Waals surface area contributed by atoms with Crippen LogP contribution in [0, 0.1) is 10.1 Å². The predicted molar refractivity (Wildman–Crippen MR) is 100 cm³/mol. The SMILES string of the molecule is O=c1[nH]c(/C=C/c2ccccc2OCc2ccccc2)c([N+](=O)[O-])c(=O)[nH]1. The first-order chi connectivity index (χ1) is 13.0. The summed E-state index contributed by atoms with van der Waals surface area (Å²) in [7, 11) is 0. The molecular weight excluding hydrogens is 350 g/mol. The van der Waals surface area contributed by atoms with Crippen LogP contribution in [0.5, 0.6) is 5.75 Å². The van der Waals surface area contributed by atoms with Gasteiger partial charge in [0.05, 0.1) is 4.92 Å². The standard InChI is InChI=1S/C19H15N3O5/c23-18-17(22(25)26)15(20-19(24)21-18)11-10-14-8-4-5-9-16(14)27-12-13-6-2-1-3-7-13/h1-11H,12H2,(H2,20,21,23,24)/b11-10+. The Morgan fingerprint density at radius 3 is 2.41 bits per heavy atom. The molecule has 0 saturated heterocycles. The van der Waals surface area contributed by atoms with Crippen molar-refractivity contribution in [3.8, 4) is 5.75 Å². The summed E-state index contributed by atoms with van der Waals surface area (Å²) >= 11 is 0. The van der Waals surface area contributed by atoms with Crippen molar-refractivity contribution in [1.29, 1.82) is 0 Å². The Balaban J connectivity index is 1.90. The lowest BCUT2D eigenvalue weighted by Gasteiger charge is -2.09. The highest BCUT2D eigenvalue weighted by molar-refractivity contribution is 5.74. The highest BCUT2D eigenvalue weighted by Gasteiger charge is 2.18. The Morgan fingerprint density at radius 2 is 1.67 bits per heavy atom. The van der Waals surface area contributed by atoms with Crippen LogP contribution in [0.1, 0.15) is 16.8 Å². The number of rotatable bonds is 6. The molecule has 0 bridgehead atoms. The van der Waals surface area contributed by atoms with Gasteiger partial charge in [-0.15, -0.1) is 0 Å². The summed E-state index contributed by atoms with van der Waals surface area (Å²) in [5.41, 5.74) is -1.16. The Hall–Kier alpha value is -3.94. The zero-order valence-corrected chi connectivity index (χ0v) is 14.0. The molecular formula is C19H15N3O5. The summed E-state index contributed by atoms with van der Waals surface area (Å²) < 4.78 is 5.81. The molecule has 3 rings (SSSR count). The van der Waals surface area contributed by atoms with E-state index in [2.05, 4.69) is 4.98 Å². The van der Waals surface area contributed by atoms with Crippen LogP contribution in [-0.2, 0) is 6.61 Å². The summed E-state index contributed by atoms with van der Waals surface area (Å²) in [6.07, 6.45) is 2.84. The van der Waals surface area contributed by atoms with E-state index in [1.165, 1.54) is 12.2 Å². The molecule has 0 aliphatic rings. The van der Waals surface area contributed by atoms with E-state index >= 15 is 0 Å². The highest BCUT2D eigenvalue weighted by atomic mass is 16.6. The number of aromatic amines is 2. The van der Waals surface area contributed by atoms with E-state index in [0.717, 1.165) is 5.56 Å². The van der Waals surface area contributed by atoms with Crippen LogP contribution in [0.2, 0.25) is 0 Å². The summed E-state index contributed by atoms with van der Waals surface area (Å²) in [5, 5.41) is 11.1. The molecule has 0 spiro atoms. The van der Waals surface area contributed by atoms with E-state index < -0.39 is 21.9 Å². The van der Waals surface area contributed by atoms with Gasteiger partial charge in [0.15, 0.2) is 0 Å². The Bertz CT molecular complexity index is 1100. The molecule has 0 aliphatic heterocycles. The third-order valence-corrected chi connectivity index (χ3v) is 3.71. The number of nitro groups is 1. The second-order valence-electron chi connectivity index (χ2n) is 5.57. The van der Waals surface area contributed by atoms with Gasteiger partial charge in [0.1, 0.15) is 18.1 Å². The fourth-order valence-electron chi connectivity index (χ4n) is 2.46. The van der Waals surface area contributed by atoms with E-state index in [1.54, 1.807) is 24.3 Å². The van der Waals surface area contributed by atoms with Crippen LogP contribution in [0.4, 0.5) is 5.69 Å². The van der Waals surface area contributed by atoms with Gasteiger partial charge < -0.3 is 9.72 Å². The molecule has 0 saturated carbocycles. The highest BCUT2D eigenvalue weighted by Crippen LogP contribution is 2.22. The maximum Gasteiger partial charge on any atom is 0.357 e. The first-order valence-corrected chi connectivity index (χ1v) is 7.99. The lowest BCUT2D eigenvalue weighted by Crippen LogP contribution is -2.25.